The number of amides is 2. The lowest BCUT2D eigenvalue weighted by Crippen LogP contribution is -2.41. The van der Waals surface area contributed by atoms with Crippen molar-refractivity contribution in [1.29, 1.82) is 0 Å². The third-order valence-electron chi connectivity index (χ3n) is 3.52. The number of nitrogens with zero attached hydrogens (tertiary/aromatic N) is 2. The Morgan fingerprint density at radius 2 is 1.73 bits per heavy atom. The number of hydrogen-bond acceptors (Lipinski definition) is 5. The molecule has 26 heavy (non-hydrogen) atoms. The van der Waals surface area contributed by atoms with Crippen molar-refractivity contribution in [3.8, 4) is 10.6 Å². The van der Waals surface area contributed by atoms with Gasteiger partial charge in [0.1, 0.15) is 16.9 Å². The summed E-state index contributed by atoms with van der Waals surface area (Å²) < 4.78 is 13.0. The molecule has 0 spiro atoms. The summed E-state index contributed by atoms with van der Waals surface area (Å²) in [7, 11) is 0. The molecule has 0 aliphatic rings. The molecule has 6 nitrogen and oxygen atoms in total. The van der Waals surface area contributed by atoms with Crippen LogP contribution in [0.1, 0.15) is 17.3 Å². The van der Waals surface area contributed by atoms with E-state index >= 15 is 0 Å². The summed E-state index contributed by atoms with van der Waals surface area (Å²) >= 11 is 1.16. The standard InChI is InChI=1S/C18H15FN4O2S/c1-11(20-16(25)12-5-3-2-4-6-12)15(24)21-18-23-22-17(26-18)13-7-9-14(19)10-8-13/h2-11H,1H3,(H,20,25)(H,21,23,24)/t11-/m1/s1. The highest BCUT2D eigenvalue weighted by atomic mass is 32.1. The second-order valence-corrected chi connectivity index (χ2v) is 6.45. The van der Waals surface area contributed by atoms with Crippen LogP contribution in [-0.4, -0.2) is 28.1 Å². The molecule has 0 saturated carbocycles. The van der Waals surface area contributed by atoms with Gasteiger partial charge in [-0.1, -0.05) is 29.5 Å². The van der Waals surface area contributed by atoms with Gasteiger partial charge in [-0.05, 0) is 43.3 Å². The van der Waals surface area contributed by atoms with Gasteiger partial charge in [0, 0.05) is 11.1 Å². The number of hydrogen-bond donors (Lipinski definition) is 2. The molecule has 3 aromatic rings. The summed E-state index contributed by atoms with van der Waals surface area (Å²) in [5.74, 6) is -1.08. The molecule has 132 valence electrons. The van der Waals surface area contributed by atoms with Crippen molar-refractivity contribution in [3.05, 3.63) is 66.0 Å². The molecular formula is C18H15FN4O2S. The Kier molecular flexibility index (Phi) is 5.33. The van der Waals surface area contributed by atoms with E-state index in [9.17, 15) is 14.0 Å². The van der Waals surface area contributed by atoms with Gasteiger partial charge < -0.3 is 5.32 Å². The Hall–Kier alpha value is -3.13. The van der Waals surface area contributed by atoms with Gasteiger partial charge in [0.2, 0.25) is 11.0 Å². The van der Waals surface area contributed by atoms with E-state index in [2.05, 4.69) is 20.8 Å². The highest BCUT2D eigenvalue weighted by Crippen LogP contribution is 2.26. The quantitative estimate of drug-likeness (QED) is 0.723. The van der Waals surface area contributed by atoms with Crippen LogP contribution in [0.4, 0.5) is 9.52 Å². The lowest BCUT2D eigenvalue weighted by atomic mass is 10.2. The molecule has 0 fully saturated rings. The highest BCUT2D eigenvalue weighted by molar-refractivity contribution is 7.18. The van der Waals surface area contributed by atoms with Crippen molar-refractivity contribution in [1.82, 2.24) is 15.5 Å². The Balaban J connectivity index is 1.61. The zero-order valence-electron chi connectivity index (χ0n) is 13.8. The molecule has 2 amide bonds. The van der Waals surface area contributed by atoms with Crippen LogP contribution in [0.5, 0.6) is 0 Å². The second-order valence-electron chi connectivity index (χ2n) is 5.47. The normalized spacial score (nSPS) is 11.6. The molecule has 0 aliphatic heterocycles. The van der Waals surface area contributed by atoms with Gasteiger partial charge in [0.05, 0.1) is 0 Å². The molecule has 2 N–H and O–H groups in total. The van der Waals surface area contributed by atoms with Crippen molar-refractivity contribution in [2.45, 2.75) is 13.0 Å². The van der Waals surface area contributed by atoms with Crippen LogP contribution in [0.25, 0.3) is 10.6 Å². The van der Waals surface area contributed by atoms with E-state index in [0.717, 1.165) is 11.3 Å². The zero-order valence-corrected chi connectivity index (χ0v) is 14.6. The van der Waals surface area contributed by atoms with Gasteiger partial charge in [-0.2, -0.15) is 0 Å². The first-order valence-electron chi connectivity index (χ1n) is 7.79. The third kappa shape index (κ3) is 4.28. The van der Waals surface area contributed by atoms with Gasteiger partial charge in [-0.15, -0.1) is 10.2 Å². The first-order valence-corrected chi connectivity index (χ1v) is 8.61. The van der Waals surface area contributed by atoms with E-state index in [4.69, 9.17) is 0 Å². The van der Waals surface area contributed by atoms with Crippen LogP contribution in [0.2, 0.25) is 0 Å². The first kappa shape index (κ1) is 17.7. The Labute approximate surface area is 153 Å². The minimum absolute atomic E-state index is 0.301. The van der Waals surface area contributed by atoms with Gasteiger partial charge in [-0.25, -0.2) is 4.39 Å². The smallest absolute Gasteiger partial charge is 0.251 e. The van der Waals surface area contributed by atoms with Crippen molar-refractivity contribution in [2.24, 2.45) is 0 Å². The number of rotatable bonds is 5. The molecule has 0 saturated heterocycles. The van der Waals surface area contributed by atoms with Gasteiger partial charge >= 0.3 is 0 Å². The Bertz CT molecular complexity index is 912. The average molecular weight is 370 g/mol. The number of halogens is 1. The summed E-state index contributed by atoms with van der Waals surface area (Å²) in [6, 6.07) is 13.7. The van der Waals surface area contributed by atoms with Crippen LogP contribution in [0.3, 0.4) is 0 Å². The largest absolute Gasteiger partial charge is 0.341 e. The zero-order chi connectivity index (χ0) is 18.5. The van der Waals surface area contributed by atoms with E-state index in [0.29, 0.717) is 21.3 Å². The van der Waals surface area contributed by atoms with Crippen molar-refractivity contribution in [3.63, 3.8) is 0 Å². The molecule has 2 aromatic carbocycles. The van der Waals surface area contributed by atoms with Crippen LogP contribution in [-0.2, 0) is 4.79 Å². The maximum Gasteiger partial charge on any atom is 0.251 e. The second kappa shape index (κ2) is 7.83. The minimum Gasteiger partial charge on any atom is -0.341 e. The molecule has 1 heterocycles. The van der Waals surface area contributed by atoms with E-state index in [1.54, 1.807) is 49.4 Å². The number of aromatic nitrogens is 2. The fourth-order valence-corrected chi connectivity index (χ4v) is 2.88. The van der Waals surface area contributed by atoms with Crippen LogP contribution >= 0.6 is 11.3 Å². The predicted octanol–water partition coefficient (Wildman–Crippen LogP) is 3.10. The monoisotopic (exact) mass is 370 g/mol. The van der Waals surface area contributed by atoms with E-state index < -0.39 is 11.9 Å². The van der Waals surface area contributed by atoms with Crippen molar-refractivity contribution in [2.75, 3.05) is 5.32 Å². The van der Waals surface area contributed by atoms with Crippen LogP contribution in [0.15, 0.2) is 54.6 Å². The summed E-state index contributed by atoms with van der Waals surface area (Å²) in [6.45, 7) is 1.58. The van der Waals surface area contributed by atoms with Gasteiger partial charge in [-0.3, -0.25) is 14.9 Å². The minimum atomic E-state index is -0.749. The summed E-state index contributed by atoms with van der Waals surface area (Å²) in [5, 5.41) is 14.0. The molecule has 1 atom stereocenters. The lowest BCUT2D eigenvalue weighted by Gasteiger charge is -2.12. The van der Waals surface area contributed by atoms with Crippen LogP contribution in [0, 0.1) is 5.82 Å². The average Bonchev–Trinajstić information content (AvgIpc) is 3.11. The molecule has 0 unspecified atom stereocenters. The number of carbonyl (C=O) groups excluding carboxylic acids is 2. The van der Waals surface area contributed by atoms with E-state index in [1.807, 2.05) is 0 Å². The van der Waals surface area contributed by atoms with Gasteiger partial charge in [0.25, 0.3) is 5.91 Å². The fourth-order valence-electron chi connectivity index (χ4n) is 2.13. The van der Waals surface area contributed by atoms with E-state index in [-0.39, 0.29) is 11.7 Å². The molecule has 0 aliphatic carbocycles. The predicted molar refractivity (Wildman–Crippen MR) is 97.3 cm³/mol. The molecule has 0 bridgehead atoms. The molecule has 1 aromatic heterocycles. The number of benzene rings is 2. The topological polar surface area (TPSA) is 84.0 Å². The van der Waals surface area contributed by atoms with E-state index in [1.165, 1.54) is 12.1 Å². The lowest BCUT2D eigenvalue weighted by molar-refractivity contribution is -0.117. The first-order chi connectivity index (χ1) is 12.5. The maximum absolute atomic E-state index is 13.0. The van der Waals surface area contributed by atoms with Gasteiger partial charge in [0.15, 0.2) is 0 Å². The van der Waals surface area contributed by atoms with Crippen LogP contribution < -0.4 is 10.6 Å². The Morgan fingerprint density at radius 3 is 2.42 bits per heavy atom. The highest BCUT2D eigenvalue weighted by Gasteiger charge is 2.18. The fraction of sp³-hybridized carbons (Fsp3) is 0.111. The summed E-state index contributed by atoms with van der Waals surface area (Å²) in [5.41, 5.74) is 1.18. The number of nitrogens with one attached hydrogen (secondary N) is 2. The van der Waals surface area contributed by atoms with Crippen molar-refractivity contribution < 1.29 is 14.0 Å². The molecule has 8 heteroatoms. The number of anilines is 1. The Morgan fingerprint density at radius 1 is 1.04 bits per heavy atom. The summed E-state index contributed by atoms with van der Waals surface area (Å²) in [6.07, 6.45) is 0. The van der Waals surface area contributed by atoms with Crippen molar-refractivity contribution >= 4 is 28.3 Å². The molecule has 3 rings (SSSR count). The number of carbonyl (C=O) groups is 2. The molecular weight excluding hydrogens is 355 g/mol. The maximum atomic E-state index is 13.0. The third-order valence-corrected chi connectivity index (χ3v) is 4.41. The molecule has 0 radical (unpaired) electrons. The summed E-state index contributed by atoms with van der Waals surface area (Å²) in [4.78, 5) is 24.3. The SMILES string of the molecule is C[C@@H](NC(=O)c1ccccc1)C(=O)Nc1nnc(-c2ccc(F)cc2)s1.